The molecule has 0 aliphatic carbocycles. The van der Waals surface area contributed by atoms with Crippen LogP contribution in [0.5, 0.6) is 0 Å². The average molecular weight is 297 g/mol. The summed E-state index contributed by atoms with van der Waals surface area (Å²) < 4.78 is 0. The molecule has 0 unspecified atom stereocenters. The summed E-state index contributed by atoms with van der Waals surface area (Å²) in [7, 11) is 0. The Balaban J connectivity index is 2.19. The number of nitrogens with one attached hydrogen (secondary N) is 2. The van der Waals surface area contributed by atoms with Crippen LogP contribution in [0.1, 0.15) is 39.5 Å². The first-order chi connectivity index (χ1) is 9.90. The molecule has 1 aliphatic rings. The second-order valence-corrected chi connectivity index (χ2v) is 6.11. The Morgan fingerprint density at radius 2 is 2.00 bits per heavy atom. The molecule has 0 spiro atoms. The highest BCUT2D eigenvalue weighted by molar-refractivity contribution is 5.81. The third-order valence-electron chi connectivity index (χ3n) is 3.99. The van der Waals surface area contributed by atoms with Crippen molar-refractivity contribution in [1.82, 2.24) is 15.5 Å². The predicted molar refractivity (Wildman–Crippen MR) is 86.4 cm³/mol. The van der Waals surface area contributed by atoms with Gasteiger partial charge in [0.25, 0.3) is 0 Å². The van der Waals surface area contributed by atoms with Crippen molar-refractivity contribution < 1.29 is 4.79 Å². The number of carbonyl (C=O) groups excluding carboxylic acids is 1. The van der Waals surface area contributed by atoms with Crippen LogP contribution in [-0.2, 0) is 4.79 Å². The van der Waals surface area contributed by atoms with Crippen molar-refractivity contribution >= 4 is 5.91 Å². The Morgan fingerprint density at radius 3 is 2.52 bits per heavy atom. The van der Waals surface area contributed by atoms with Crippen molar-refractivity contribution in [2.45, 2.75) is 57.7 Å². The second kappa shape index (κ2) is 8.89. The van der Waals surface area contributed by atoms with Gasteiger partial charge in [-0.3, -0.25) is 4.79 Å². The van der Waals surface area contributed by atoms with Crippen molar-refractivity contribution in [2.24, 2.45) is 11.5 Å². The van der Waals surface area contributed by atoms with Gasteiger partial charge in [0.1, 0.15) is 0 Å². The van der Waals surface area contributed by atoms with Crippen LogP contribution in [-0.4, -0.2) is 48.6 Å². The smallest absolute Gasteiger partial charge is 0.237 e. The van der Waals surface area contributed by atoms with Gasteiger partial charge in [-0.2, -0.15) is 0 Å². The van der Waals surface area contributed by atoms with Gasteiger partial charge >= 0.3 is 0 Å². The molecule has 1 aliphatic heterocycles. The number of hydrogen-bond acceptors (Lipinski definition) is 5. The van der Waals surface area contributed by atoms with E-state index < -0.39 is 6.04 Å². The summed E-state index contributed by atoms with van der Waals surface area (Å²) in [5.41, 5.74) is 11.3. The molecular weight excluding hydrogens is 266 g/mol. The fraction of sp³-hybridized carbons (Fsp3) is 0.800. The van der Waals surface area contributed by atoms with Crippen LogP contribution in [0, 0.1) is 0 Å². The van der Waals surface area contributed by atoms with Crippen molar-refractivity contribution in [1.29, 1.82) is 0 Å². The average Bonchev–Trinajstić information content (AvgIpc) is 2.43. The van der Waals surface area contributed by atoms with Crippen LogP contribution in [0.2, 0.25) is 0 Å². The first-order valence-corrected chi connectivity index (χ1v) is 7.88. The molecule has 0 radical (unpaired) electrons. The van der Waals surface area contributed by atoms with Gasteiger partial charge in [0.2, 0.25) is 5.91 Å². The first-order valence-electron chi connectivity index (χ1n) is 7.88. The van der Waals surface area contributed by atoms with Crippen LogP contribution in [0.3, 0.4) is 0 Å². The Hall–Kier alpha value is -1.27. The number of nitrogens with zero attached hydrogens (tertiary/aromatic N) is 1. The van der Waals surface area contributed by atoms with Gasteiger partial charge in [-0.1, -0.05) is 6.58 Å². The Labute approximate surface area is 128 Å². The molecule has 1 amide bonds. The number of rotatable bonds is 8. The van der Waals surface area contributed by atoms with E-state index in [1.807, 2.05) is 0 Å². The molecule has 0 aromatic carbocycles. The molecule has 1 rings (SSSR count). The molecule has 1 atom stereocenters. The highest BCUT2D eigenvalue weighted by Crippen LogP contribution is 2.13. The third-order valence-corrected chi connectivity index (χ3v) is 3.99. The predicted octanol–water partition coefficient (Wildman–Crippen LogP) is 0.102. The number of amides is 1. The van der Waals surface area contributed by atoms with Crippen molar-refractivity contribution in [3.8, 4) is 0 Å². The fourth-order valence-corrected chi connectivity index (χ4v) is 2.57. The zero-order valence-electron chi connectivity index (χ0n) is 13.4. The minimum atomic E-state index is -0.444. The number of piperidine rings is 1. The number of carbonyl (C=O) groups is 1. The zero-order chi connectivity index (χ0) is 15.8. The maximum atomic E-state index is 12.0. The molecule has 6 N–H and O–H groups in total. The van der Waals surface area contributed by atoms with Gasteiger partial charge in [-0.15, -0.1) is 0 Å². The van der Waals surface area contributed by atoms with E-state index in [4.69, 9.17) is 11.5 Å². The van der Waals surface area contributed by atoms with Gasteiger partial charge < -0.3 is 27.0 Å². The Morgan fingerprint density at radius 1 is 1.38 bits per heavy atom. The molecule has 1 saturated heterocycles. The minimum Gasteiger partial charge on any atom is -0.386 e. The lowest BCUT2D eigenvalue weighted by Crippen LogP contribution is -2.50. The second-order valence-electron chi connectivity index (χ2n) is 6.11. The monoisotopic (exact) mass is 297 g/mol. The zero-order valence-corrected chi connectivity index (χ0v) is 13.4. The number of likely N-dealkylation sites (tertiary alicyclic amines) is 1. The lowest BCUT2D eigenvalue weighted by Gasteiger charge is -2.35. The van der Waals surface area contributed by atoms with Crippen molar-refractivity contribution in [2.75, 3.05) is 19.6 Å². The molecule has 21 heavy (non-hydrogen) atoms. The van der Waals surface area contributed by atoms with E-state index in [1.54, 1.807) is 0 Å². The summed E-state index contributed by atoms with van der Waals surface area (Å²) >= 11 is 0. The Kier molecular flexibility index (Phi) is 7.53. The largest absolute Gasteiger partial charge is 0.386 e. The summed E-state index contributed by atoms with van der Waals surface area (Å²) in [5.74, 6) is 0.412. The fourth-order valence-electron chi connectivity index (χ4n) is 2.57. The molecule has 0 aromatic rings. The van der Waals surface area contributed by atoms with Gasteiger partial charge in [-0.05, 0) is 39.5 Å². The van der Waals surface area contributed by atoms with Gasteiger partial charge in [0.05, 0.1) is 11.9 Å². The topological polar surface area (TPSA) is 96.4 Å². The number of hydrogen-bond donors (Lipinski definition) is 4. The lowest BCUT2D eigenvalue weighted by atomic mass is 10.0. The molecule has 0 saturated carbocycles. The summed E-state index contributed by atoms with van der Waals surface area (Å²) in [4.78, 5) is 14.5. The minimum absolute atomic E-state index is 0.0374. The first kappa shape index (κ1) is 17.8. The molecule has 6 nitrogen and oxygen atoms in total. The van der Waals surface area contributed by atoms with E-state index in [0.29, 0.717) is 24.8 Å². The molecule has 122 valence electrons. The van der Waals surface area contributed by atoms with Crippen LogP contribution in [0.4, 0.5) is 0 Å². The maximum absolute atomic E-state index is 12.0. The summed E-state index contributed by atoms with van der Waals surface area (Å²) in [6, 6.07) is 0.398. The van der Waals surface area contributed by atoms with Gasteiger partial charge in [0.15, 0.2) is 0 Å². The summed E-state index contributed by atoms with van der Waals surface area (Å²) in [6.45, 7) is 10.8. The van der Waals surface area contributed by atoms with Crippen LogP contribution in [0.25, 0.3) is 0 Å². The van der Waals surface area contributed by atoms with E-state index in [2.05, 4.69) is 36.0 Å². The SMILES string of the molecule is C=C(N)NCCC[C@H](N)C(=O)NC1CCN(C(C)C)CC1. The maximum Gasteiger partial charge on any atom is 0.237 e. The lowest BCUT2D eigenvalue weighted by molar-refractivity contribution is -0.123. The van der Waals surface area contributed by atoms with Crippen LogP contribution >= 0.6 is 0 Å². The standard InChI is InChI=1S/C15H31N5O/c1-11(2)20-9-6-13(7-10-20)19-15(21)14(17)5-4-8-18-12(3)16/h11,13-14,18H,3-10,16-17H2,1-2H3,(H,19,21)/t14-/m0/s1. The van der Waals surface area contributed by atoms with Crippen molar-refractivity contribution in [3.63, 3.8) is 0 Å². The summed E-state index contributed by atoms with van der Waals surface area (Å²) in [5, 5.41) is 6.00. The van der Waals surface area contributed by atoms with Crippen LogP contribution < -0.4 is 22.1 Å². The van der Waals surface area contributed by atoms with Gasteiger partial charge in [0, 0.05) is 31.7 Å². The van der Waals surface area contributed by atoms with E-state index in [-0.39, 0.29) is 11.9 Å². The normalized spacial score (nSPS) is 18.5. The highest BCUT2D eigenvalue weighted by Gasteiger charge is 2.23. The molecule has 0 aromatic heterocycles. The molecule has 1 heterocycles. The molecular formula is C15H31N5O. The molecule has 0 bridgehead atoms. The van der Waals surface area contributed by atoms with E-state index in [1.165, 1.54) is 0 Å². The Bertz CT molecular complexity index is 337. The number of nitrogens with two attached hydrogens (primary N) is 2. The van der Waals surface area contributed by atoms with E-state index in [9.17, 15) is 4.79 Å². The highest BCUT2D eigenvalue weighted by atomic mass is 16.2. The third kappa shape index (κ3) is 6.82. The van der Waals surface area contributed by atoms with E-state index >= 15 is 0 Å². The van der Waals surface area contributed by atoms with Crippen LogP contribution in [0.15, 0.2) is 12.4 Å². The van der Waals surface area contributed by atoms with Crippen molar-refractivity contribution in [3.05, 3.63) is 12.4 Å². The summed E-state index contributed by atoms with van der Waals surface area (Å²) in [6.07, 6.45) is 3.46. The molecule has 6 heteroatoms. The molecule has 1 fully saturated rings. The van der Waals surface area contributed by atoms with E-state index in [0.717, 1.165) is 32.4 Å². The quantitative estimate of drug-likeness (QED) is 0.477. The van der Waals surface area contributed by atoms with Gasteiger partial charge in [-0.25, -0.2) is 0 Å².